The molecule has 0 aromatic heterocycles. The molecule has 800 valence electrons. The van der Waals surface area contributed by atoms with Crippen LogP contribution >= 0.6 is 0 Å². The van der Waals surface area contributed by atoms with Crippen LogP contribution in [0.2, 0.25) is 0 Å². The van der Waals surface area contributed by atoms with Gasteiger partial charge in [0, 0.05) is 0 Å². The van der Waals surface area contributed by atoms with Crippen LogP contribution in [0.3, 0.4) is 0 Å². The summed E-state index contributed by atoms with van der Waals surface area (Å²) in [6, 6.07) is 0. The SMILES string of the molecule is N.N.N.N.N.N.N.N.N.N.N.N.N.N.N.N.N.N.N.N.N.N.N.N.N.N.N.N.N.N.N.N.N.N.N.N.N.N.N.N.N.N.N.N.N.N.N.N.N.N.N.N.N.N.N.N.N.N.N.N.N.N.N.N.N.N.N.N.N.N.N.N.N.N.N.N.N.N.N.N.N.N.N.N.N.N.N.N.N.N.O.O.O.O.O.O.O.O.O.O. The zero-order chi connectivity index (χ0) is 0. The maximum Gasteiger partial charge on any atom is -0.344 e. The van der Waals surface area contributed by atoms with Crippen molar-refractivity contribution in [3.8, 4) is 0 Å². The summed E-state index contributed by atoms with van der Waals surface area (Å²) in [6.07, 6.45) is 0. The third-order valence-electron chi connectivity index (χ3n) is 0. The Kier molecular flexibility index (Phi) is 28400000. The summed E-state index contributed by atoms with van der Waals surface area (Å²) in [4.78, 5) is 0. The van der Waals surface area contributed by atoms with Crippen molar-refractivity contribution in [3.63, 3.8) is 0 Å². The van der Waals surface area contributed by atoms with E-state index in [-0.39, 0.29) is 608 Å². The first kappa shape index (κ1) is 54100. The lowest BCUT2D eigenvalue weighted by atomic mass is 14.0. The Morgan fingerprint density at radius 1 is 0.0200 bits per heavy atom. The van der Waals surface area contributed by atoms with Gasteiger partial charge in [-0.1, -0.05) is 0 Å². The molecule has 0 aliphatic heterocycles. The van der Waals surface area contributed by atoms with Crippen LogP contribution in [0.15, 0.2) is 0 Å². The highest BCUT2D eigenvalue weighted by Crippen LogP contribution is -0.273. The van der Waals surface area contributed by atoms with Gasteiger partial charge in [-0.25, -0.2) is 0 Å². The molecule has 0 aromatic rings. The fraction of sp³-hybridized carbons (Fsp3) is 0. The second-order valence-corrected chi connectivity index (χ2v) is 0. The summed E-state index contributed by atoms with van der Waals surface area (Å²) in [5.41, 5.74) is 0. The molecule has 0 saturated heterocycles. The average Bonchev–Trinajstić information content (AvgIpc) is 0. The molecule has 0 unspecified atom stereocenters. The quantitative estimate of drug-likeness (QED) is 0.126. The van der Waals surface area contributed by atoms with E-state index in [1.165, 1.54) is 0 Å². The largest absolute Gasteiger partial charge is 0.412 e. The Balaban J connectivity index is 0. The van der Waals surface area contributed by atoms with E-state index in [2.05, 4.69) is 0 Å². The van der Waals surface area contributed by atoms with E-state index in [1.54, 1.807) is 0 Å². The molecule has 0 aromatic carbocycles. The standard InChI is InChI=1S/90H3N.10H2O/h90*1H3;10*1H2. The summed E-state index contributed by atoms with van der Waals surface area (Å²) >= 11 is 0. The number of hydrogen-bond acceptors (Lipinski definition) is 90. The van der Waals surface area contributed by atoms with E-state index in [9.17, 15) is 0 Å². The summed E-state index contributed by atoms with van der Waals surface area (Å²) in [5, 5.41) is 0. The highest BCUT2D eigenvalue weighted by molar-refractivity contribution is 2.22. The fourth-order valence-corrected chi connectivity index (χ4v) is 0. The van der Waals surface area contributed by atoms with Crippen LogP contribution in [0.25, 0.3) is 0 Å². The van der Waals surface area contributed by atoms with Crippen molar-refractivity contribution >= 4 is 0 Å². The molecule has 0 saturated carbocycles. The van der Waals surface area contributed by atoms with Gasteiger partial charge in [-0.05, 0) is 0 Å². The van der Waals surface area contributed by atoms with Gasteiger partial charge >= 0.3 is 0 Å². The summed E-state index contributed by atoms with van der Waals surface area (Å²) < 4.78 is 0. The molecule has 0 heterocycles. The van der Waals surface area contributed by atoms with Crippen molar-refractivity contribution in [2.45, 2.75) is 0 Å². The second-order valence-electron chi connectivity index (χ2n) is 0. The molecule has 0 amide bonds. The molecule has 0 spiro atoms. The lowest BCUT2D eigenvalue weighted by molar-refractivity contribution is 0.823. The molecule has 0 radical (unpaired) electrons. The first-order chi connectivity index (χ1) is 0. The Bertz CT molecular complexity index is 46.9. The predicted molar refractivity (Wildman–Crippen MR) is 488 cm³/mol. The van der Waals surface area contributed by atoms with E-state index in [0.717, 1.165) is 0 Å². The summed E-state index contributed by atoms with van der Waals surface area (Å²) in [7, 11) is 0. The van der Waals surface area contributed by atoms with Crippen LogP contribution in [0.4, 0.5) is 0 Å². The van der Waals surface area contributed by atoms with Crippen LogP contribution in [-0.2, 0) is 0 Å². The van der Waals surface area contributed by atoms with Crippen molar-refractivity contribution in [3.05, 3.63) is 0 Å². The molecule has 100 heavy (non-hydrogen) atoms. The van der Waals surface area contributed by atoms with Crippen molar-refractivity contribution in [1.82, 2.24) is 554 Å². The molecule has 0 bridgehead atoms. The van der Waals surface area contributed by atoms with Gasteiger partial charge in [0.2, 0.25) is 0 Å². The molecule has 0 fully saturated rings. The molecule has 0 atom stereocenters. The van der Waals surface area contributed by atoms with Gasteiger partial charge < -0.3 is 608 Å². The van der Waals surface area contributed by atoms with Crippen molar-refractivity contribution in [1.29, 1.82) is 0 Å². The molecule has 0 aliphatic carbocycles. The minimum atomic E-state index is 0. The molecule has 100 heteroatoms. The lowest BCUT2D eigenvalue weighted by Gasteiger charge is -0.413. The summed E-state index contributed by atoms with van der Waals surface area (Å²) in [5.74, 6) is 0. The topological polar surface area (TPSA) is 3460 Å². The smallest absolute Gasteiger partial charge is 0.344 e. The molecular formula is H290N90O10. The second kappa shape index (κ2) is 52500. The lowest BCUT2D eigenvalue weighted by Crippen LogP contribution is -0.482. The van der Waals surface area contributed by atoms with Gasteiger partial charge in [-0.2, -0.15) is 0 Å². The molecule has 100 nitrogen and oxygen atoms in total. The summed E-state index contributed by atoms with van der Waals surface area (Å²) in [6.45, 7) is 0. The predicted octanol–water partition coefficient (Wildman–Crippen LogP) is 6.33. The Labute approximate surface area is 608 Å². The zero-order valence-electron chi connectivity index (χ0n) is 68.6. The molecular weight excluding hydrogens is 1420 g/mol. The Morgan fingerprint density at radius 2 is 0.0200 bits per heavy atom. The van der Waals surface area contributed by atoms with E-state index < -0.39 is 0 Å². The van der Waals surface area contributed by atoms with Crippen molar-refractivity contribution in [2.24, 2.45) is 0 Å². The van der Waals surface area contributed by atoms with Crippen LogP contribution in [0.1, 0.15) is 0 Å². The van der Waals surface area contributed by atoms with Gasteiger partial charge in [-0.15, -0.1) is 0 Å². The highest BCUT2D eigenvalue weighted by atomic mass is 16.0. The molecule has 0 aliphatic rings. The average molecular weight is 1710 g/mol. The zero-order valence-corrected chi connectivity index (χ0v) is 68.6. The monoisotopic (exact) mass is 1710 g/mol. The fourth-order valence-electron chi connectivity index (χ4n) is 0. The Morgan fingerprint density at radius 3 is 0.0200 bits per heavy atom. The van der Waals surface area contributed by atoms with E-state index in [4.69, 9.17) is 0 Å². The minimum Gasteiger partial charge on any atom is -0.412 e. The van der Waals surface area contributed by atoms with E-state index in [0.29, 0.717) is 0 Å². The highest BCUT2D eigenvalue weighted by Gasteiger charge is -0.249. The normalized spacial score (nSPS) is 0. The maximum absolute atomic E-state index is 0. The van der Waals surface area contributed by atoms with Gasteiger partial charge in [-0.3, -0.25) is 0 Å². The first-order valence-corrected chi connectivity index (χ1v) is 0. The van der Waals surface area contributed by atoms with Crippen molar-refractivity contribution < 1.29 is 54.8 Å². The van der Waals surface area contributed by atoms with Gasteiger partial charge in [0.05, 0.1) is 0 Å². The number of rotatable bonds is 0. The van der Waals surface area contributed by atoms with Crippen LogP contribution < -0.4 is 554 Å². The maximum atomic E-state index is 0. The van der Waals surface area contributed by atoms with Gasteiger partial charge in [0.1, 0.15) is 0 Å². The minimum absolute atomic E-state index is 0. The van der Waals surface area contributed by atoms with E-state index in [1.807, 2.05) is 0 Å². The van der Waals surface area contributed by atoms with Crippen LogP contribution in [0.5, 0.6) is 0 Å². The van der Waals surface area contributed by atoms with Crippen LogP contribution in [0, 0.1) is 0 Å². The first-order valence-electron chi connectivity index (χ1n) is 0. The van der Waals surface area contributed by atoms with E-state index >= 15 is 0 Å². The third kappa shape index (κ3) is 50800. The number of hydrogen-bond donors (Lipinski definition) is 90. The van der Waals surface area contributed by atoms with Gasteiger partial charge in [0.25, 0.3) is 0 Å². The molecule has 290 N–H and O–H groups in total. The van der Waals surface area contributed by atoms with Crippen molar-refractivity contribution in [2.75, 3.05) is 0 Å². The third-order valence-corrected chi connectivity index (χ3v) is 0. The Hall–Kier alpha value is -4.00. The van der Waals surface area contributed by atoms with Gasteiger partial charge in [0.15, 0.2) is 0 Å². The molecule has 0 rings (SSSR count). The van der Waals surface area contributed by atoms with Crippen LogP contribution in [-0.4, -0.2) is 54.8 Å².